The maximum Gasteiger partial charge on any atom is 0.331 e. The Balaban J connectivity index is 1.65. The lowest BCUT2D eigenvalue weighted by molar-refractivity contribution is -0.130. The van der Waals surface area contributed by atoms with Crippen molar-refractivity contribution in [3.63, 3.8) is 0 Å². The number of hydrogen-bond acceptors (Lipinski definition) is 3. The van der Waals surface area contributed by atoms with Gasteiger partial charge < -0.3 is 4.57 Å². The summed E-state index contributed by atoms with van der Waals surface area (Å²) in [5, 5.41) is 2.30. The van der Waals surface area contributed by atoms with E-state index in [-0.39, 0.29) is 12.1 Å². The Kier molecular flexibility index (Phi) is 5.09. The normalized spacial score (nSPS) is 19.3. The summed E-state index contributed by atoms with van der Waals surface area (Å²) in [5.41, 5.74) is 3.84. The van der Waals surface area contributed by atoms with Crippen molar-refractivity contribution in [1.82, 2.24) is 14.8 Å². The lowest BCUT2D eigenvalue weighted by atomic mass is 10.1. The summed E-state index contributed by atoms with van der Waals surface area (Å²) < 4.78 is 2.32. The molecule has 150 valence electrons. The van der Waals surface area contributed by atoms with Crippen molar-refractivity contribution >= 4 is 23.9 Å². The molecule has 0 radical (unpaired) electrons. The second-order valence-electron chi connectivity index (χ2n) is 7.83. The molecule has 0 bridgehead atoms. The predicted octanol–water partition coefficient (Wildman–Crippen LogP) is 3.88. The van der Waals surface area contributed by atoms with Crippen molar-refractivity contribution in [1.29, 1.82) is 0 Å². The molecule has 1 saturated carbocycles. The number of aromatic nitrogens is 1. The van der Waals surface area contributed by atoms with Gasteiger partial charge in [-0.25, -0.2) is 4.79 Å². The number of imide groups is 2. The summed E-state index contributed by atoms with van der Waals surface area (Å²) in [6.45, 7) is 4.20. The molecule has 29 heavy (non-hydrogen) atoms. The smallest absolute Gasteiger partial charge is 0.331 e. The van der Waals surface area contributed by atoms with Crippen LogP contribution in [0, 0.1) is 13.8 Å². The minimum Gasteiger partial charge on any atom is -0.346 e. The minimum atomic E-state index is -0.683. The highest BCUT2D eigenvalue weighted by Gasteiger charge is 2.36. The summed E-state index contributed by atoms with van der Waals surface area (Å²) in [6.07, 6.45) is 6.40. The summed E-state index contributed by atoms with van der Waals surface area (Å²) in [6, 6.07) is 11.1. The van der Waals surface area contributed by atoms with Crippen LogP contribution in [0.25, 0.3) is 6.08 Å². The van der Waals surface area contributed by atoms with Gasteiger partial charge in [0.2, 0.25) is 0 Å². The maximum atomic E-state index is 13.0. The van der Waals surface area contributed by atoms with Crippen molar-refractivity contribution in [3.8, 4) is 0 Å². The molecule has 2 fully saturated rings. The van der Waals surface area contributed by atoms with E-state index in [0.717, 1.165) is 40.3 Å². The summed E-state index contributed by atoms with van der Waals surface area (Å²) in [5.74, 6) is -1.21. The third-order valence-corrected chi connectivity index (χ3v) is 5.88. The lowest BCUT2D eigenvalue weighted by Gasteiger charge is -2.26. The van der Waals surface area contributed by atoms with E-state index in [4.69, 9.17) is 0 Å². The van der Waals surface area contributed by atoms with Crippen molar-refractivity contribution in [3.05, 3.63) is 64.5 Å². The van der Waals surface area contributed by atoms with E-state index in [9.17, 15) is 14.4 Å². The number of aryl methyl sites for hydroxylation is 1. The Morgan fingerprint density at radius 3 is 2.45 bits per heavy atom. The number of urea groups is 1. The van der Waals surface area contributed by atoms with Gasteiger partial charge in [-0.1, -0.05) is 43.2 Å². The number of hydrogen-bond donors (Lipinski definition) is 1. The Bertz CT molecular complexity index is 998. The number of carbonyl (C=O) groups is 3. The number of amides is 4. The molecule has 2 heterocycles. The fraction of sp³-hybridized carbons (Fsp3) is 0.348. The molecule has 0 spiro atoms. The highest BCUT2D eigenvalue weighted by molar-refractivity contribution is 6.31. The van der Waals surface area contributed by atoms with Crippen molar-refractivity contribution in [2.24, 2.45) is 0 Å². The lowest BCUT2D eigenvalue weighted by Crippen LogP contribution is -2.53. The molecule has 1 N–H and O–H groups in total. The van der Waals surface area contributed by atoms with Crippen LogP contribution in [0.15, 0.2) is 42.0 Å². The van der Waals surface area contributed by atoms with Crippen molar-refractivity contribution < 1.29 is 14.4 Å². The molecule has 1 aliphatic heterocycles. The van der Waals surface area contributed by atoms with Crippen LogP contribution in [0.5, 0.6) is 0 Å². The zero-order chi connectivity index (χ0) is 20.5. The molecule has 6 heteroatoms. The van der Waals surface area contributed by atoms with Crippen LogP contribution < -0.4 is 5.32 Å². The van der Waals surface area contributed by atoms with E-state index in [1.807, 2.05) is 43.3 Å². The van der Waals surface area contributed by atoms with Crippen LogP contribution in [0.4, 0.5) is 4.79 Å². The first kappa shape index (κ1) is 19.2. The van der Waals surface area contributed by atoms with Gasteiger partial charge in [0.1, 0.15) is 5.57 Å². The van der Waals surface area contributed by atoms with Gasteiger partial charge in [-0.05, 0) is 50.0 Å². The predicted molar refractivity (Wildman–Crippen MR) is 110 cm³/mol. The Hall–Kier alpha value is -3.15. The molecular formula is C23H25N3O3. The standard InChI is InChI=1S/C23H25N3O3/c1-15-12-18(16(2)26(15)19-10-6-7-11-19)13-20-21(27)24-23(29)25(22(20)28)14-17-8-4-3-5-9-17/h3-5,8-9,12-13,19H,6-7,10-11,14H2,1-2H3,(H,24,27,29). The second kappa shape index (κ2) is 7.70. The average molecular weight is 391 g/mol. The number of benzene rings is 1. The van der Waals surface area contributed by atoms with Crippen LogP contribution in [0.2, 0.25) is 0 Å². The Morgan fingerprint density at radius 2 is 1.76 bits per heavy atom. The minimum absolute atomic E-state index is 0.00722. The summed E-state index contributed by atoms with van der Waals surface area (Å²) >= 11 is 0. The first-order valence-electron chi connectivity index (χ1n) is 10.1. The van der Waals surface area contributed by atoms with Gasteiger partial charge in [0.15, 0.2) is 0 Å². The van der Waals surface area contributed by atoms with Crippen LogP contribution >= 0.6 is 0 Å². The van der Waals surface area contributed by atoms with Crippen LogP contribution in [0.3, 0.4) is 0 Å². The maximum absolute atomic E-state index is 13.0. The van der Waals surface area contributed by atoms with E-state index >= 15 is 0 Å². The number of rotatable bonds is 4. The largest absolute Gasteiger partial charge is 0.346 e. The van der Waals surface area contributed by atoms with E-state index in [1.165, 1.54) is 12.8 Å². The van der Waals surface area contributed by atoms with Gasteiger partial charge in [0, 0.05) is 17.4 Å². The summed E-state index contributed by atoms with van der Waals surface area (Å²) in [7, 11) is 0. The first-order chi connectivity index (χ1) is 14.0. The molecule has 2 aromatic rings. The number of nitrogens with one attached hydrogen (secondary N) is 1. The Morgan fingerprint density at radius 1 is 1.07 bits per heavy atom. The molecule has 1 aromatic heterocycles. The van der Waals surface area contributed by atoms with Gasteiger partial charge in [0.05, 0.1) is 6.54 Å². The number of carbonyl (C=O) groups excluding carboxylic acids is 3. The fourth-order valence-corrected chi connectivity index (χ4v) is 4.43. The van der Waals surface area contributed by atoms with Crippen molar-refractivity contribution in [2.75, 3.05) is 0 Å². The van der Waals surface area contributed by atoms with Crippen LogP contribution in [-0.2, 0) is 16.1 Å². The van der Waals surface area contributed by atoms with E-state index in [0.29, 0.717) is 6.04 Å². The molecule has 0 unspecified atom stereocenters. The van der Waals surface area contributed by atoms with E-state index in [1.54, 1.807) is 6.08 Å². The third-order valence-electron chi connectivity index (χ3n) is 5.88. The second-order valence-corrected chi connectivity index (χ2v) is 7.83. The average Bonchev–Trinajstić information content (AvgIpc) is 3.31. The van der Waals surface area contributed by atoms with Gasteiger partial charge in [-0.2, -0.15) is 0 Å². The molecule has 1 saturated heterocycles. The van der Waals surface area contributed by atoms with Gasteiger partial charge >= 0.3 is 6.03 Å². The molecule has 2 aliphatic rings. The van der Waals surface area contributed by atoms with Crippen LogP contribution in [0.1, 0.15) is 54.2 Å². The molecule has 1 aliphatic carbocycles. The quantitative estimate of drug-likeness (QED) is 0.635. The Labute approximate surface area is 170 Å². The zero-order valence-corrected chi connectivity index (χ0v) is 16.8. The molecule has 4 rings (SSSR count). The fourth-order valence-electron chi connectivity index (χ4n) is 4.43. The molecular weight excluding hydrogens is 366 g/mol. The summed E-state index contributed by atoms with van der Waals surface area (Å²) in [4.78, 5) is 38.7. The molecule has 0 atom stereocenters. The number of nitrogens with zero attached hydrogens (tertiary/aromatic N) is 2. The van der Waals surface area contributed by atoms with E-state index < -0.39 is 17.8 Å². The van der Waals surface area contributed by atoms with E-state index in [2.05, 4.69) is 16.8 Å². The topological polar surface area (TPSA) is 71.4 Å². The SMILES string of the molecule is Cc1cc(C=C2C(=O)NC(=O)N(Cc3ccccc3)C2=O)c(C)n1C1CCCC1. The first-order valence-corrected chi connectivity index (χ1v) is 10.1. The highest BCUT2D eigenvalue weighted by atomic mass is 16.2. The van der Waals surface area contributed by atoms with Gasteiger partial charge in [0.25, 0.3) is 11.8 Å². The third kappa shape index (κ3) is 3.62. The van der Waals surface area contributed by atoms with Gasteiger partial charge in [-0.15, -0.1) is 0 Å². The number of barbiturate groups is 1. The van der Waals surface area contributed by atoms with Crippen LogP contribution in [-0.4, -0.2) is 27.3 Å². The molecule has 1 aromatic carbocycles. The molecule has 6 nitrogen and oxygen atoms in total. The highest BCUT2D eigenvalue weighted by Crippen LogP contribution is 2.34. The van der Waals surface area contributed by atoms with Crippen molar-refractivity contribution in [2.45, 2.75) is 52.1 Å². The monoisotopic (exact) mass is 391 g/mol. The van der Waals surface area contributed by atoms with Gasteiger partial charge in [-0.3, -0.25) is 19.8 Å². The zero-order valence-electron chi connectivity index (χ0n) is 16.8. The molecule has 4 amide bonds.